The fourth-order valence-electron chi connectivity index (χ4n) is 5.44. The zero-order chi connectivity index (χ0) is 32.3. The summed E-state index contributed by atoms with van der Waals surface area (Å²) in [6.45, 7) is 9.22. The molecule has 1 atom stereocenters. The molecule has 1 N–H and O–H groups in total. The highest BCUT2D eigenvalue weighted by molar-refractivity contribution is 7.22. The lowest BCUT2D eigenvalue weighted by atomic mass is 9.88. The zero-order valence-electron chi connectivity index (χ0n) is 25.2. The third-order valence-electron chi connectivity index (χ3n) is 7.91. The fourth-order valence-corrected chi connectivity index (χ4v) is 6.67. The highest BCUT2D eigenvalue weighted by atomic mass is 32.1. The molecule has 1 aliphatic carbocycles. The van der Waals surface area contributed by atoms with Crippen LogP contribution in [0, 0.1) is 30.0 Å². The van der Waals surface area contributed by atoms with Crippen molar-refractivity contribution in [2.75, 3.05) is 12.2 Å². The average Bonchev–Trinajstić information content (AvgIpc) is 3.34. The largest absolute Gasteiger partial charge is 0.496 e. The Labute approximate surface area is 257 Å². The number of nitrogens with zero attached hydrogens (tertiary/aromatic N) is 6. The molecule has 0 amide bonds. The van der Waals surface area contributed by atoms with Crippen LogP contribution in [0.25, 0.3) is 10.2 Å². The SMILES string of the molecule is C=NN(/N=C\C)c1sc2c(c1C)c(=O)n(C(C)(C)C(=O)O)c(=O)n2C[C@H](OC1CCC(C#N)CC1)c1cc(F)ccc1OC. The minimum Gasteiger partial charge on any atom is -0.496 e. The van der Waals surface area contributed by atoms with E-state index in [1.807, 2.05) is 0 Å². The number of carboxylic acids is 1. The van der Waals surface area contributed by atoms with Crippen molar-refractivity contribution >= 4 is 45.5 Å². The first-order valence-electron chi connectivity index (χ1n) is 14.1. The van der Waals surface area contributed by atoms with E-state index in [1.54, 1.807) is 13.8 Å². The number of benzene rings is 1. The number of carboxylic acid groups (broad SMARTS) is 1. The summed E-state index contributed by atoms with van der Waals surface area (Å²) in [5.74, 6) is -1.68. The molecule has 4 rings (SSSR count). The molecule has 14 heteroatoms. The van der Waals surface area contributed by atoms with Crippen molar-refractivity contribution in [2.45, 2.75) is 77.7 Å². The number of halogens is 1. The summed E-state index contributed by atoms with van der Waals surface area (Å²) in [5.41, 5.74) is -2.82. The van der Waals surface area contributed by atoms with Gasteiger partial charge in [0.1, 0.15) is 33.0 Å². The maximum Gasteiger partial charge on any atom is 0.333 e. The van der Waals surface area contributed by atoms with Gasteiger partial charge in [0.25, 0.3) is 5.56 Å². The maximum atomic E-state index is 14.6. The maximum absolute atomic E-state index is 14.6. The van der Waals surface area contributed by atoms with Gasteiger partial charge in [0, 0.05) is 30.0 Å². The minimum absolute atomic E-state index is 0.0826. The van der Waals surface area contributed by atoms with Crippen molar-refractivity contribution in [3.63, 3.8) is 0 Å². The fraction of sp³-hybridized carbons (Fsp3) is 0.467. The number of rotatable bonds is 11. The standard InChI is InChI=1S/C30H35FN6O6S/c1-7-34-37(33-5)26-17(2)24-25(38)36(30(3,4)28(39)40)29(41)35(27(24)44-26)16-23(21-14-19(31)10-13-22(21)42-6)43-20-11-8-18(15-32)9-12-20/h7,10,13-14,18,20,23H,5,8-9,11-12,16H2,1-4,6H3,(H,39,40)/b34-7-/t18?,20?,23-/m0/s1. The lowest BCUT2D eigenvalue weighted by Crippen LogP contribution is -2.52. The smallest absolute Gasteiger partial charge is 0.333 e. The lowest BCUT2D eigenvalue weighted by Gasteiger charge is -2.31. The van der Waals surface area contributed by atoms with Crippen LogP contribution in [0.5, 0.6) is 5.75 Å². The van der Waals surface area contributed by atoms with Gasteiger partial charge in [0.2, 0.25) is 0 Å². The number of fused-ring (bicyclic) bond motifs is 1. The Balaban J connectivity index is 2.00. The molecular weight excluding hydrogens is 591 g/mol. The molecule has 44 heavy (non-hydrogen) atoms. The summed E-state index contributed by atoms with van der Waals surface area (Å²) >= 11 is 1.06. The van der Waals surface area contributed by atoms with E-state index in [0.717, 1.165) is 11.3 Å². The molecule has 12 nitrogen and oxygen atoms in total. The molecule has 1 aliphatic rings. The van der Waals surface area contributed by atoms with Crippen molar-refractivity contribution in [1.29, 1.82) is 5.26 Å². The summed E-state index contributed by atoms with van der Waals surface area (Å²) in [7, 11) is 1.44. The van der Waals surface area contributed by atoms with Crippen LogP contribution in [0.1, 0.15) is 63.7 Å². The Morgan fingerprint density at radius 2 is 2.02 bits per heavy atom. The van der Waals surface area contributed by atoms with Crippen LogP contribution >= 0.6 is 11.3 Å². The molecule has 0 aliphatic heterocycles. The Morgan fingerprint density at radius 1 is 1.34 bits per heavy atom. The van der Waals surface area contributed by atoms with E-state index in [4.69, 9.17) is 9.47 Å². The highest BCUT2D eigenvalue weighted by Crippen LogP contribution is 2.39. The van der Waals surface area contributed by atoms with E-state index < -0.39 is 34.7 Å². The number of hydrazone groups is 2. The van der Waals surface area contributed by atoms with E-state index in [9.17, 15) is 29.1 Å². The van der Waals surface area contributed by atoms with Gasteiger partial charge in [0.15, 0.2) is 0 Å². The average molecular weight is 627 g/mol. The summed E-state index contributed by atoms with van der Waals surface area (Å²) < 4.78 is 28.7. The predicted octanol–water partition coefficient (Wildman–Crippen LogP) is 4.77. The van der Waals surface area contributed by atoms with Crippen LogP contribution < -0.4 is 21.1 Å². The van der Waals surface area contributed by atoms with Gasteiger partial charge in [0.05, 0.1) is 31.2 Å². The molecule has 1 aromatic carbocycles. The molecule has 0 radical (unpaired) electrons. The first-order chi connectivity index (χ1) is 20.9. The minimum atomic E-state index is -1.92. The number of anilines is 1. The number of methoxy groups -OCH3 is 1. The van der Waals surface area contributed by atoms with Crippen LogP contribution in [0.2, 0.25) is 0 Å². The van der Waals surface area contributed by atoms with Gasteiger partial charge in [-0.2, -0.15) is 15.5 Å². The van der Waals surface area contributed by atoms with Crippen molar-refractivity contribution in [3.05, 3.63) is 56.0 Å². The van der Waals surface area contributed by atoms with E-state index >= 15 is 0 Å². The predicted molar refractivity (Wildman–Crippen MR) is 166 cm³/mol. The monoisotopic (exact) mass is 626 g/mol. The van der Waals surface area contributed by atoms with Gasteiger partial charge in [-0.25, -0.2) is 18.5 Å². The van der Waals surface area contributed by atoms with E-state index in [-0.39, 0.29) is 28.8 Å². The molecule has 0 saturated heterocycles. The van der Waals surface area contributed by atoms with Gasteiger partial charge in [-0.15, -0.1) is 5.12 Å². The number of aromatic nitrogens is 2. The first kappa shape index (κ1) is 32.6. The van der Waals surface area contributed by atoms with Crippen LogP contribution in [0.4, 0.5) is 9.39 Å². The molecule has 0 bridgehead atoms. The van der Waals surface area contributed by atoms with E-state index in [2.05, 4.69) is 23.0 Å². The molecule has 0 unspecified atom stereocenters. The Morgan fingerprint density at radius 3 is 2.59 bits per heavy atom. The number of aryl methyl sites for hydroxylation is 1. The van der Waals surface area contributed by atoms with Gasteiger partial charge in [-0.3, -0.25) is 9.36 Å². The Bertz CT molecular complexity index is 1760. The van der Waals surface area contributed by atoms with Gasteiger partial charge in [-0.05, 0) is 71.6 Å². The normalized spacial score (nSPS) is 17.8. The number of carbonyl (C=O) groups is 1. The molecule has 2 heterocycles. The van der Waals surface area contributed by atoms with Crippen molar-refractivity contribution in [3.8, 4) is 11.8 Å². The van der Waals surface area contributed by atoms with Crippen LogP contribution in [-0.2, 0) is 21.6 Å². The van der Waals surface area contributed by atoms with E-state index in [0.29, 0.717) is 52.1 Å². The number of ether oxygens (including phenoxy) is 2. The van der Waals surface area contributed by atoms with E-state index in [1.165, 1.54) is 55.1 Å². The summed E-state index contributed by atoms with van der Waals surface area (Å²) in [4.78, 5) is 40.6. The third-order valence-corrected chi connectivity index (χ3v) is 9.19. The summed E-state index contributed by atoms with van der Waals surface area (Å²) in [6.07, 6.45) is 2.66. The Kier molecular flexibility index (Phi) is 9.70. The van der Waals surface area contributed by atoms with Crippen LogP contribution in [0.3, 0.4) is 0 Å². The topological polar surface area (TPSA) is 152 Å². The van der Waals surface area contributed by atoms with Crippen LogP contribution in [-0.4, -0.2) is 46.4 Å². The van der Waals surface area contributed by atoms with Crippen molar-refractivity contribution < 1.29 is 23.8 Å². The van der Waals surface area contributed by atoms with Crippen LogP contribution in [0.15, 0.2) is 38.0 Å². The number of thiophene rings is 1. The number of hydrogen-bond donors (Lipinski definition) is 1. The number of hydrogen-bond acceptors (Lipinski definition) is 10. The number of nitriles is 1. The molecule has 0 spiro atoms. The summed E-state index contributed by atoms with van der Waals surface area (Å²) in [6, 6.07) is 6.27. The van der Waals surface area contributed by atoms with Gasteiger partial charge >= 0.3 is 11.7 Å². The number of aliphatic carboxylic acids is 1. The second kappa shape index (κ2) is 13.1. The molecule has 3 aromatic rings. The zero-order valence-corrected chi connectivity index (χ0v) is 26.1. The molecule has 2 aromatic heterocycles. The summed E-state index contributed by atoms with van der Waals surface area (Å²) in [5, 5.41) is 29.2. The second-order valence-electron chi connectivity index (χ2n) is 11.0. The Hall–Kier alpha value is -4.35. The van der Waals surface area contributed by atoms with Gasteiger partial charge < -0.3 is 14.6 Å². The quantitative estimate of drug-likeness (QED) is 0.236. The lowest BCUT2D eigenvalue weighted by molar-refractivity contribution is -0.146. The first-order valence-corrected chi connectivity index (χ1v) is 14.9. The van der Waals surface area contributed by atoms with Crippen molar-refractivity contribution in [1.82, 2.24) is 9.13 Å². The molecule has 1 fully saturated rings. The van der Waals surface area contributed by atoms with Gasteiger partial charge in [-0.1, -0.05) is 11.3 Å². The highest BCUT2D eigenvalue weighted by Gasteiger charge is 2.37. The van der Waals surface area contributed by atoms with Crippen molar-refractivity contribution in [2.24, 2.45) is 16.1 Å². The second-order valence-corrected chi connectivity index (χ2v) is 12.0. The molecule has 234 valence electrons. The molecule has 1 saturated carbocycles. The molecular formula is C30H35FN6O6S. The third kappa shape index (κ3) is 6.02.